The van der Waals surface area contributed by atoms with Crippen molar-refractivity contribution in [3.8, 4) is 0 Å². The maximum Gasteiger partial charge on any atom is 0.0648 e. The summed E-state index contributed by atoms with van der Waals surface area (Å²) in [6.45, 7) is 9.42. The maximum absolute atomic E-state index is 5.57. The predicted molar refractivity (Wildman–Crippen MR) is 60.0 cm³/mol. The van der Waals surface area contributed by atoms with Crippen molar-refractivity contribution >= 4 is 0 Å². The Kier molecular flexibility index (Phi) is 2.49. The molecule has 0 aromatic rings. The molecule has 0 saturated carbocycles. The molecule has 0 aliphatic carbocycles. The third-order valence-electron chi connectivity index (χ3n) is 4.55. The van der Waals surface area contributed by atoms with Gasteiger partial charge >= 0.3 is 0 Å². The van der Waals surface area contributed by atoms with E-state index in [2.05, 4.69) is 16.7 Å². The zero-order valence-electron chi connectivity index (χ0n) is 9.74. The normalized spacial score (nSPS) is 43.4. The maximum atomic E-state index is 5.57. The van der Waals surface area contributed by atoms with Crippen molar-refractivity contribution in [3.05, 3.63) is 0 Å². The van der Waals surface area contributed by atoms with Gasteiger partial charge in [-0.25, -0.2) is 0 Å². The van der Waals surface area contributed by atoms with Gasteiger partial charge in [-0.2, -0.15) is 0 Å². The molecule has 3 aliphatic heterocycles. The Hall–Kier alpha value is -0.120. The van der Waals surface area contributed by atoms with E-state index in [9.17, 15) is 0 Å². The Balaban J connectivity index is 1.68. The van der Waals surface area contributed by atoms with E-state index in [4.69, 9.17) is 4.74 Å². The molecule has 0 N–H and O–H groups in total. The summed E-state index contributed by atoms with van der Waals surface area (Å²) >= 11 is 0. The number of rotatable bonds is 1. The van der Waals surface area contributed by atoms with Crippen molar-refractivity contribution in [1.82, 2.24) is 9.80 Å². The van der Waals surface area contributed by atoms with Crippen LogP contribution >= 0.6 is 0 Å². The van der Waals surface area contributed by atoms with Crippen LogP contribution < -0.4 is 0 Å². The molecule has 15 heavy (non-hydrogen) atoms. The van der Waals surface area contributed by atoms with Gasteiger partial charge < -0.3 is 4.74 Å². The summed E-state index contributed by atoms with van der Waals surface area (Å²) in [5.74, 6) is 0. The second kappa shape index (κ2) is 3.72. The van der Waals surface area contributed by atoms with Gasteiger partial charge in [-0.05, 0) is 32.7 Å². The van der Waals surface area contributed by atoms with Crippen molar-refractivity contribution < 1.29 is 4.74 Å². The molecule has 3 aliphatic rings. The van der Waals surface area contributed by atoms with Gasteiger partial charge in [-0.15, -0.1) is 0 Å². The minimum Gasteiger partial charge on any atom is -0.379 e. The molecule has 3 nitrogen and oxygen atoms in total. The molecule has 3 rings (SSSR count). The fourth-order valence-electron chi connectivity index (χ4n) is 3.39. The van der Waals surface area contributed by atoms with E-state index in [1.807, 2.05) is 0 Å². The topological polar surface area (TPSA) is 15.7 Å². The van der Waals surface area contributed by atoms with Gasteiger partial charge in [0.1, 0.15) is 0 Å². The first kappa shape index (κ1) is 10.1. The molecule has 2 atom stereocenters. The number of fused-ring (bicyclic) bond motifs is 1. The Morgan fingerprint density at radius 2 is 2.20 bits per heavy atom. The number of hydrogen-bond acceptors (Lipinski definition) is 3. The minimum atomic E-state index is 0.342. The van der Waals surface area contributed by atoms with Gasteiger partial charge in [-0.3, -0.25) is 9.80 Å². The highest BCUT2D eigenvalue weighted by molar-refractivity contribution is 4.96. The first-order chi connectivity index (χ1) is 7.28. The van der Waals surface area contributed by atoms with E-state index in [-0.39, 0.29) is 0 Å². The third kappa shape index (κ3) is 1.71. The summed E-state index contributed by atoms with van der Waals surface area (Å²) in [7, 11) is 0. The molecule has 3 saturated heterocycles. The van der Waals surface area contributed by atoms with E-state index in [0.717, 1.165) is 19.3 Å². The van der Waals surface area contributed by atoms with Crippen LogP contribution in [0.1, 0.15) is 26.2 Å². The first-order valence-electron chi connectivity index (χ1n) is 6.35. The number of nitrogens with zero attached hydrogens (tertiary/aromatic N) is 2. The predicted octanol–water partition coefficient (Wildman–Crippen LogP) is 0.945. The molecular weight excluding hydrogens is 188 g/mol. The standard InChI is InChI=1S/C12H22N2O/c1-12(4-8-15-10-12)14-7-6-13-5-2-3-11(13)9-14/h11H,2-10H2,1H3. The number of piperazine rings is 1. The number of hydrogen-bond donors (Lipinski definition) is 0. The Morgan fingerprint density at radius 1 is 1.27 bits per heavy atom. The van der Waals surface area contributed by atoms with Crippen LogP contribution in [0.15, 0.2) is 0 Å². The van der Waals surface area contributed by atoms with Crippen LogP contribution in [0.2, 0.25) is 0 Å². The zero-order chi connectivity index (χ0) is 10.3. The fraction of sp³-hybridized carbons (Fsp3) is 1.00. The van der Waals surface area contributed by atoms with Crippen LogP contribution in [0.5, 0.6) is 0 Å². The highest BCUT2D eigenvalue weighted by atomic mass is 16.5. The summed E-state index contributed by atoms with van der Waals surface area (Å²) in [6.07, 6.45) is 4.04. The molecule has 0 aromatic carbocycles. The first-order valence-corrected chi connectivity index (χ1v) is 6.35. The van der Waals surface area contributed by atoms with Crippen molar-refractivity contribution in [2.45, 2.75) is 37.8 Å². The SMILES string of the molecule is CC1(N2CCN3CCCC3C2)CCOC1. The molecule has 0 bridgehead atoms. The average molecular weight is 210 g/mol. The lowest BCUT2D eigenvalue weighted by Crippen LogP contribution is -2.58. The Labute approximate surface area is 92.4 Å². The summed E-state index contributed by atoms with van der Waals surface area (Å²) in [4.78, 5) is 5.36. The van der Waals surface area contributed by atoms with Crippen LogP contribution in [0.25, 0.3) is 0 Å². The summed E-state index contributed by atoms with van der Waals surface area (Å²) in [5, 5.41) is 0. The van der Waals surface area contributed by atoms with Crippen LogP contribution in [-0.4, -0.2) is 60.8 Å². The zero-order valence-corrected chi connectivity index (χ0v) is 9.74. The van der Waals surface area contributed by atoms with Gasteiger partial charge in [0.05, 0.1) is 6.61 Å². The van der Waals surface area contributed by atoms with Gasteiger partial charge in [0.25, 0.3) is 0 Å². The summed E-state index contributed by atoms with van der Waals surface area (Å²) in [5.41, 5.74) is 0.342. The molecule has 0 aromatic heterocycles. The number of ether oxygens (including phenoxy) is 1. The van der Waals surface area contributed by atoms with E-state index in [0.29, 0.717) is 5.54 Å². The van der Waals surface area contributed by atoms with Crippen molar-refractivity contribution in [2.75, 3.05) is 39.4 Å². The van der Waals surface area contributed by atoms with Crippen LogP contribution in [-0.2, 0) is 4.74 Å². The van der Waals surface area contributed by atoms with Crippen molar-refractivity contribution in [2.24, 2.45) is 0 Å². The van der Waals surface area contributed by atoms with E-state index in [1.54, 1.807) is 0 Å². The van der Waals surface area contributed by atoms with Crippen LogP contribution in [0.3, 0.4) is 0 Å². The molecule has 3 heterocycles. The Bertz CT molecular complexity index is 238. The quantitative estimate of drug-likeness (QED) is 0.641. The van der Waals surface area contributed by atoms with Gasteiger partial charge in [0, 0.05) is 37.8 Å². The fourth-order valence-corrected chi connectivity index (χ4v) is 3.39. The molecule has 0 radical (unpaired) electrons. The van der Waals surface area contributed by atoms with Gasteiger partial charge in [0.2, 0.25) is 0 Å². The van der Waals surface area contributed by atoms with Crippen molar-refractivity contribution in [3.63, 3.8) is 0 Å². The second-order valence-electron chi connectivity index (χ2n) is 5.58. The van der Waals surface area contributed by atoms with E-state index < -0.39 is 0 Å². The second-order valence-corrected chi connectivity index (χ2v) is 5.58. The van der Waals surface area contributed by atoms with Crippen LogP contribution in [0, 0.1) is 0 Å². The van der Waals surface area contributed by atoms with E-state index >= 15 is 0 Å². The molecule has 2 unspecified atom stereocenters. The molecule has 3 fully saturated rings. The lowest BCUT2D eigenvalue weighted by atomic mass is 9.96. The molecule has 86 valence electrons. The lowest BCUT2D eigenvalue weighted by Gasteiger charge is -2.45. The largest absolute Gasteiger partial charge is 0.379 e. The highest BCUT2D eigenvalue weighted by Gasteiger charge is 2.41. The molecular formula is C12H22N2O. The van der Waals surface area contributed by atoms with E-state index in [1.165, 1.54) is 45.4 Å². The van der Waals surface area contributed by atoms with Gasteiger partial charge in [-0.1, -0.05) is 0 Å². The Morgan fingerprint density at radius 3 is 3.00 bits per heavy atom. The average Bonchev–Trinajstić information content (AvgIpc) is 2.85. The van der Waals surface area contributed by atoms with Crippen LogP contribution in [0.4, 0.5) is 0 Å². The molecule has 3 heteroatoms. The monoisotopic (exact) mass is 210 g/mol. The lowest BCUT2D eigenvalue weighted by molar-refractivity contribution is 0.0166. The smallest absolute Gasteiger partial charge is 0.0648 e. The van der Waals surface area contributed by atoms with Crippen molar-refractivity contribution in [1.29, 1.82) is 0 Å². The summed E-state index contributed by atoms with van der Waals surface area (Å²) in [6, 6.07) is 0.844. The molecule has 0 spiro atoms. The summed E-state index contributed by atoms with van der Waals surface area (Å²) < 4.78 is 5.57. The third-order valence-corrected chi connectivity index (χ3v) is 4.55. The highest BCUT2D eigenvalue weighted by Crippen LogP contribution is 2.30. The van der Waals surface area contributed by atoms with Gasteiger partial charge in [0.15, 0.2) is 0 Å². The molecule has 0 amide bonds. The minimum absolute atomic E-state index is 0.342.